The van der Waals surface area contributed by atoms with Gasteiger partial charge < -0.3 is 15.5 Å². The molecular weight excluding hydrogens is 202 g/mol. The van der Waals surface area contributed by atoms with Crippen LogP contribution in [0.5, 0.6) is 0 Å². The van der Waals surface area contributed by atoms with E-state index in [1.165, 1.54) is 0 Å². The van der Waals surface area contributed by atoms with Crippen molar-refractivity contribution in [3.8, 4) is 0 Å². The average Bonchev–Trinajstić information content (AvgIpc) is 2.48. The molecule has 16 heavy (non-hydrogen) atoms. The van der Waals surface area contributed by atoms with E-state index in [1.807, 2.05) is 0 Å². The lowest BCUT2D eigenvalue weighted by atomic mass is 9.93. The second-order valence-corrected chi connectivity index (χ2v) is 5.84. The number of rotatable bonds is 6. The van der Waals surface area contributed by atoms with Crippen molar-refractivity contribution in [2.75, 3.05) is 33.7 Å². The molecule has 4 nitrogen and oxygen atoms in total. The molecule has 1 saturated heterocycles. The number of amides is 1. The maximum absolute atomic E-state index is 11.0. The van der Waals surface area contributed by atoms with Crippen LogP contribution < -0.4 is 10.6 Å². The predicted molar refractivity (Wildman–Crippen MR) is 66.4 cm³/mol. The maximum Gasteiger partial charge on any atom is 0.220 e. The van der Waals surface area contributed by atoms with Crippen LogP contribution in [-0.4, -0.2) is 50.6 Å². The highest BCUT2D eigenvalue weighted by atomic mass is 16.1. The minimum Gasteiger partial charge on any atom is -0.352 e. The lowest BCUT2D eigenvalue weighted by molar-refractivity contribution is -0.119. The highest BCUT2D eigenvalue weighted by molar-refractivity contribution is 5.78. The maximum atomic E-state index is 11.0. The molecule has 1 aliphatic heterocycles. The quantitative estimate of drug-likeness (QED) is 0.692. The van der Waals surface area contributed by atoms with E-state index in [9.17, 15) is 4.79 Å². The SMILES string of the molecule is CN(C)CC(C)(C)CNC[C@H]1CCC(=O)N1. The number of hydrogen-bond donors (Lipinski definition) is 2. The Balaban J connectivity index is 2.16. The molecule has 1 aliphatic rings. The Morgan fingerprint density at radius 3 is 2.69 bits per heavy atom. The van der Waals surface area contributed by atoms with Gasteiger partial charge in [-0.2, -0.15) is 0 Å². The zero-order valence-electron chi connectivity index (χ0n) is 11.0. The van der Waals surface area contributed by atoms with Crippen LogP contribution in [0.2, 0.25) is 0 Å². The Morgan fingerprint density at radius 1 is 1.50 bits per heavy atom. The molecule has 1 heterocycles. The van der Waals surface area contributed by atoms with Crippen LogP contribution in [0.3, 0.4) is 0 Å². The van der Waals surface area contributed by atoms with Gasteiger partial charge in [0.05, 0.1) is 0 Å². The van der Waals surface area contributed by atoms with Crippen molar-refractivity contribution in [1.82, 2.24) is 15.5 Å². The molecule has 0 aromatic rings. The zero-order valence-corrected chi connectivity index (χ0v) is 11.0. The monoisotopic (exact) mass is 227 g/mol. The Labute approximate surface area is 98.8 Å². The van der Waals surface area contributed by atoms with E-state index in [0.29, 0.717) is 12.5 Å². The molecule has 1 atom stereocenters. The summed E-state index contributed by atoms with van der Waals surface area (Å²) in [6, 6.07) is 0.336. The lowest BCUT2D eigenvalue weighted by Gasteiger charge is -2.29. The highest BCUT2D eigenvalue weighted by Gasteiger charge is 2.22. The number of hydrogen-bond acceptors (Lipinski definition) is 3. The Bertz CT molecular complexity index is 238. The second kappa shape index (κ2) is 5.64. The van der Waals surface area contributed by atoms with E-state index < -0.39 is 0 Å². The van der Waals surface area contributed by atoms with Gasteiger partial charge in [-0.3, -0.25) is 4.79 Å². The van der Waals surface area contributed by atoms with Crippen molar-refractivity contribution in [3.63, 3.8) is 0 Å². The molecule has 94 valence electrons. The summed E-state index contributed by atoms with van der Waals surface area (Å²) < 4.78 is 0. The van der Waals surface area contributed by atoms with Crippen molar-refractivity contribution in [1.29, 1.82) is 0 Å². The van der Waals surface area contributed by atoms with Crippen LogP contribution in [0, 0.1) is 5.41 Å². The van der Waals surface area contributed by atoms with Crippen molar-refractivity contribution in [2.45, 2.75) is 32.7 Å². The molecule has 0 radical (unpaired) electrons. The molecule has 1 rings (SSSR count). The van der Waals surface area contributed by atoms with Gasteiger partial charge in [0.15, 0.2) is 0 Å². The highest BCUT2D eigenvalue weighted by Crippen LogP contribution is 2.14. The van der Waals surface area contributed by atoms with Crippen LogP contribution in [0.4, 0.5) is 0 Å². The zero-order chi connectivity index (χ0) is 12.2. The van der Waals surface area contributed by atoms with Gasteiger partial charge in [0.25, 0.3) is 0 Å². The standard InChI is InChI=1S/C12H25N3O/c1-12(2,9-15(3)4)8-13-7-10-5-6-11(16)14-10/h10,13H,5-9H2,1-4H3,(H,14,16)/t10-/m1/s1. The van der Waals surface area contributed by atoms with E-state index >= 15 is 0 Å². The minimum absolute atomic E-state index is 0.194. The second-order valence-electron chi connectivity index (χ2n) is 5.84. The summed E-state index contributed by atoms with van der Waals surface area (Å²) in [4.78, 5) is 13.2. The van der Waals surface area contributed by atoms with Gasteiger partial charge >= 0.3 is 0 Å². The number of carbonyl (C=O) groups excluding carboxylic acids is 1. The van der Waals surface area contributed by atoms with Crippen LogP contribution >= 0.6 is 0 Å². The average molecular weight is 227 g/mol. The van der Waals surface area contributed by atoms with Crippen LogP contribution in [0.1, 0.15) is 26.7 Å². The van der Waals surface area contributed by atoms with Crippen molar-refractivity contribution in [3.05, 3.63) is 0 Å². The molecule has 0 unspecified atom stereocenters. The molecule has 0 aliphatic carbocycles. The first-order valence-corrected chi connectivity index (χ1v) is 6.04. The van der Waals surface area contributed by atoms with E-state index in [4.69, 9.17) is 0 Å². The molecule has 0 aromatic heterocycles. The summed E-state index contributed by atoms with van der Waals surface area (Å²) in [5.74, 6) is 0.194. The number of nitrogens with one attached hydrogen (secondary N) is 2. The van der Waals surface area contributed by atoms with Gasteiger partial charge in [0.1, 0.15) is 0 Å². The van der Waals surface area contributed by atoms with E-state index in [0.717, 1.165) is 26.1 Å². The molecular formula is C12H25N3O. The van der Waals surface area contributed by atoms with E-state index in [-0.39, 0.29) is 11.3 Å². The summed E-state index contributed by atoms with van der Waals surface area (Å²) in [7, 11) is 4.19. The summed E-state index contributed by atoms with van der Waals surface area (Å²) in [6.07, 6.45) is 1.66. The topological polar surface area (TPSA) is 44.4 Å². The molecule has 0 aromatic carbocycles. The molecule has 0 saturated carbocycles. The summed E-state index contributed by atoms with van der Waals surface area (Å²) >= 11 is 0. The molecule has 0 bridgehead atoms. The Morgan fingerprint density at radius 2 is 2.19 bits per heavy atom. The summed E-state index contributed by atoms with van der Waals surface area (Å²) in [5.41, 5.74) is 0.270. The summed E-state index contributed by atoms with van der Waals surface area (Å²) in [5, 5.41) is 6.42. The van der Waals surface area contributed by atoms with Gasteiger partial charge in [-0.15, -0.1) is 0 Å². The molecule has 4 heteroatoms. The van der Waals surface area contributed by atoms with E-state index in [1.54, 1.807) is 0 Å². The minimum atomic E-state index is 0.194. The molecule has 1 fully saturated rings. The lowest BCUT2D eigenvalue weighted by Crippen LogP contribution is -2.42. The van der Waals surface area contributed by atoms with Crippen molar-refractivity contribution >= 4 is 5.91 Å². The number of nitrogens with zero attached hydrogens (tertiary/aromatic N) is 1. The molecule has 2 N–H and O–H groups in total. The summed E-state index contributed by atoms with van der Waals surface area (Å²) in [6.45, 7) is 7.46. The van der Waals surface area contributed by atoms with Gasteiger partial charge in [0, 0.05) is 32.1 Å². The normalized spacial score (nSPS) is 21.6. The van der Waals surface area contributed by atoms with Crippen LogP contribution in [0.15, 0.2) is 0 Å². The smallest absolute Gasteiger partial charge is 0.220 e. The Kier molecular flexibility index (Phi) is 4.74. The first-order valence-electron chi connectivity index (χ1n) is 6.04. The fourth-order valence-electron chi connectivity index (χ4n) is 2.33. The van der Waals surface area contributed by atoms with E-state index in [2.05, 4.69) is 43.5 Å². The number of carbonyl (C=O) groups is 1. The van der Waals surface area contributed by atoms with Crippen LogP contribution in [0.25, 0.3) is 0 Å². The first kappa shape index (κ1) is 13.5. The van der Waals surface area contributed by atoms with Crippen molar-refractivity contribution < 1.29 is 4.79 Å². The largest absolute Gasteiger partial charge is 0.352 e. The third kappa shape index (κ3) is 4.94. The first-order chi connectivity index (χ1) is 7.39. The third-order valence-corrected chi connectivity index (χ3v) is 2.82. The van der Waals surface area contributed by atoms with Crippen molar-refractivity contribution in [2.24, 2.45) is 5.41 Å². The van der Waals surface area contributed by atoms with Gasteiger partial charge in [0.2, 0.25) is 5.91 Å². The van der Waals surface area contributed by atoms with Crippen LogP contribution in [-0.2, 0) is 4.79 Å². The Hall–Kier alpha value is -0.610. The van der Waals surface area contributed by atoms with Gasteiger partial charge in [-0.1, -0.05) is 13.8 Å². The predicted octanol–water partition coefficient (Wildman–Crippen LogP) is 0.442. The fraction of sp³-hybridized carbons (Fsp3) is 0.917. The van der Waals surface area contributed by atoms with Gasteiger partial charge in [-0.05, 0) is 25.9 Å². The van der Waals surface area contributed by atoms with Gasteiger partial charge in [-0.25, -0.2) is 0 Å². The molecule has 1 amide bonds. The fourth-order valence-corrected chi connectivity index (χ4v) is 2.33. The third-order valence-electron chi connectivity index (χ3n) is 2.82. The molecule has 0 spiro atoms.